The molecule has 0 unspecified atom stereocenters. The molecule has 1 nitrogen and oxygen atoms in total. The number of halogens is 2. The van der Waals surface area contributed by atoms with E-state index >= 15 is 0 Å². The smallest absolute Gasteiger partial charge is 0.150 e. The Balaban J connectivity index is 2.18. The summed E-state index contributed by atoms with van der Waals surface area (Å²) in [5.74, 6) is -0.907. The van der Waals surface area contributed by atoms with E-state index in [2.05, 4.69) is 0 Å². The lowest BCUT2D eigenvalue weighted by Crippen LogP contribution is -1.93. The molecule has 0 saturated heterocycles. The van der Waals surface area contributed by atoms with Gasteiger partial charge in [0.1, 0.15) is 17.9 Å². The van der Waals surface area contributed by atoms with Crippen LogP contribution >= 0.6 is 11.8 Å². The first-order chi connectivity index (χ1) is 9.10. The summed E-state index contributed by atoms with van der Waals surface area (Å²) < 4.78 is 27.3. The van der Waals surface area contributed by atoms with Gasteiger partial charge in [-0.2, -0.15) is 0 Å². The Kier molecular flexibility index (Phi) is 4.32. The first-order valence-corrected chi connectivity index (χ1v) is 6.71. The maximum atomic E-state index is 13.7. The minimum atomic E-state index is -0.695. The molecule has 0 spiro atoms. The van der Waals surface area contributed by atoms with Gasteiger partial charge in [0.15, 0.2) is 0 Å². The monoisotopic (exact) mass is 278 g/mol. The molecule has 0 aliphatic rings. The quantitative estimate of drug-likeness (QED) is 0.610. The average molecular weight is 278 g/mol. The van der Waals surface area contributed by atoms with Gasteiger partial charge in [0.2, 0.25) is 0 Å². The van der Waals surface area contributed by atoms with Crippen LogP contribution in [0.4, 0.5) is 8.78 Å². The molecule has 2 rings (SSSR count). The summed E-state index contributed by atoms with van der Waals surface area (Å²) in [6, 6.07) is 9.86. The highest BCUT2D eigenvalue weighted by Crippen LogP contribution is 2.29. The van der Waals surface area contributed by atoms with E-state index in [1.54, 1.807) is 0 Å². The van der Waals surface area contributed by atoms with E-state index in [4.69, 9.17) is 0 Å². The number of rotatable bonds is 4. The number of thioether (sulfide) groups is 1. The number of aryl methyl sites for hydroxylation is 1. The first-order valence-electron chi connectivity index (χ1n) is 5.72. The summed E-state index contributed by atoms with van der Waals surface area (Å²) in [4.78, 5) is 10.4. The molecule has 2 aromatic carbocycles. The molecule has 0 N–H and O–H groups in total. The molecule has 98 valence electrons. The van der Waals surface area contributed by atoms with Gasteiger partial charge >= 0.3 is 0 Å². The van der Waals surface area contributed by atoms with Crippen LogP contribution in [0.3, 0.4) is 0 Å². The molecule has 0 aliphatic carbocycles. The van der Waals surface area contributed by atoms with Gasteiger partial charge in [0, 0.05) is 11.3 Å². The predicted molar refractivity (Wildman–Crippen MR) is 72.5 cm³/mol. The Bertz CT molecular complexity index is 588. The van der Waals surface area contributed by atoms with Gasteiger partial charge in [-0.05, 0) is 24.6 Å². The number of aldehydes is 1. The van der Waals surface area contributed by atoms with Crippen molar-refractivity contribution in [2.24, 2.45) is 0 Å². The summed E-state index contributed by atoms with van der Waals surface area (Å²) in [6.45, 7) is 1.97. The summed E-state index contributed by atoms with van der Waals surface area (Å²) in [5, 5.41) is 0. The maximum absolute atomic E-state index is 13.7. The molecule has 0 radical (unpaired) electrons. The van der Waals surface area contributed by atoms with Gasteiger partial charge < -0.3 is 0 Å². The third-order valence-corrected chi connectivity index (χ3v) is 3.78. The molecule has 0 atom stereocenters. The molecule has 0 saturated carbocycles. The van der Waals surface area contributed by atoms with E-state index < -0.39 is 11.6 Å². The number of carbonyl (C=O) groups excluding carboxylic acids is 1. The normalized spacial score (nSPS) is 10.5. The average Bonchev–Trinajstić information content (AvgIpc) is 2.37. The van der Waals surface area contributed by atoms with Gasteiger partial charge in [0.25, 0.3) is 0 Å². The number of carbonyl (C=O) groups is 1. The van der Waals surface area contributed by atoms with Crippen LogP contribution in [-0.2, 0) is 5.75 Å². The molecule has 0 heterocycles. The Morgan fingerprint density at radius 3 is 2.42 bits per heavy atom. The molecule has 0 amide bonds. The third-order valence-electron chi connectivity index (χ3n) is 2.62. The van der Waals surface area contributed by atoms with E-state index in [-0.39, 0.29) is 10.5 Å². The molecule has 0 aliphatic heterocycles. The van der Waals surface area contributed by atoms with E-state index in [0.29, 0.717) is 12.0 Å². The van der Waals surface area contributed by atoms with Crippen molar-refractivity contribution in [3.8, 4) is 0 Å². The molecule has 0 aromatic heterocycles. The lowest BCUT2D eigenvalue weighted by atomic mass is 10.2. The summed E-state index contributed by atoms with van der Waals surface area (Å²) in [5.41, 5.74) is 2.12. The largest absolute Gasteiger partial charge is 0.298 e. The zero-order valence-electron chi connectivity index (χ0n) is 10.3. The predicted octanol–water partition coefficient (Wildman–Crippen LogP) is 4.38. The van der Waals surface area contributed by atoms with Crippen molar-refractivity contribution >= 4 is 18.0 Å². The molecule has 0 fully saturated rings. The van der Waals surface area contributed by atoms with E-state index in [0.717, 1.165) is 35.0 Å². The van der Waals surface area contributed by atoms with E-state index in [1.807, 2.05) is 31.2 Å². The minimum absolute atomic E-state index is 0.00917. The van der Waals surface area contributed by atoms with Crippen LogP contribution in [0, 0.1) is 18.6 Å². The third kappa shape index (κ3) is 3.41. The zero-order chi connectivity index (χ0) is 13.8. The van der Waals surface area contributed by atoms with Crippen LogP contribution in [-0.4, -0.2) is 6.29 Å². The Hall–Kier alpha value is -1.68. The standard InChI is InChI=1S/C15H12F2OS/c1-10-3-2-4-11(5-10)9-19-15-13(16)6-12(8-18)7-14(15)17/h2-8H,9H2,1H3. The second-order valence-corrected chi connectivity index (χ2v) is 5.19. The van der Waals surface area contributed by atoms with Crippen molar-refractivity contribution in [2.45, 2.75) is 17.6 Å². The fraction of sp³-hybridized carbons (Fsp3) is 0.133. The highest BCUT2D eigenvalue weighted by atomic mass is 32.2. The lowest BCUT2D eigenvalue weighted by Gasteiger charge is -2.06. The fourth-order valence-electron chi connectivity index (χ4n) is 1.74. The Morgan fingerprint density at radius 2 is 1.84 bits per heavy atom. The van der Waals surface area contributed by atoms with Gasteiger partial charge in [-0.25, -0.2) is 8.78 Å². The van der Waals surface area contributed by atoms with E-state index in [1.165, 1.54) is 0 Å². The van der Waals surface area contributed by atoms with Crippen molar-refractivity contribution in [3.05, 3.63) is 64.7 Å². The fourth-order valence-corrected chi connectivity index (χ4v) is 2.63. The highest BCUT2D eigenvalue weighted by molar-refractivity contribution is 7.98. The van der Waals surface area contributed by atoms with Gasteiger partial charge in [-0.3, -0.25) is 4.79 Å². The van der Waals surface area contributed by atoms with Crippen molar-refractivity contribution in [1.29, 1.82) is 0 Å². The molecular weight excluding hydrogens is 266 g/mol. The number of hydrogen-bond acceptors (Lipinski definition) is 2. The zero-order valence-corrected chi connectivity index (χ0v) is 11.1. The van der Waals surface area contributed by atoms with Crippen molar-refractivity contribution in [3.63, 3.8) is 0 Å². The van der Waals surface area contributed by atoms with Gasteiger partial charge in [0.05, 0.1) is 4.90 Å². The lowest BCUT2D eigenvalue weighted by molar-refractivity contribution is 0.112. The molecule has 0 bridgehead atoms. The maximum Gasteiger partial charge on any atom is 0.150 e. The van der Waals surface area contributed by atoms with Crippen LogP contribution < -0.4 is 0 Å². The number of benzene rings is 2. The van der Waals surface area contributed by atoms with Gasteiger partial charge in [-0.1, -0.05) is 29.8 Å². The second kappa shape index (κ2) is 5.97. The van der Waals surface area contributed by atoms with Crippen molar-refractivity contribution in [2.75, 3.05) is 0 Å². The summed E-state index contributed by atoms with van der Waals surface area (Å²) in [6.07, 6.45) is 0.432. The van der Waals surface area contributed by atoms with E-state index in [9.17, 15) is 13.6 Å². The van der Waals surface area contributed by atoms with Crippen LogP contribution in [0.15, 0.2) is 41.3 Å². The minimum Gasteiger partial charge on any atom is -0.298 e. The molecule has 19 heavy (non-hydrogen) atoms. The van der Waals surface area contributed by atoms with Gasteiger partial charge in [-0.15, -0.1) is 11.8 Å². The summed E-state index contributed by atoms with van der Waals surface area (Å²) in [7, 11) is 0. The van der Waals surface area contributed by atoms with Crippen LogP contribution in [0.5, 0.6) is 0 Å². The number of hydrogen-bond donors (Lipinski definition) is 0. The van der Waals surface area contributed by atoms with Crippen LogP contribution in [0.25, 0.3) is 0 Å². The van der Waals surface area contributed by atoms with Crippen LogP contribution in [0.1, 0.15) is 21.5 Å². The van der Waals surface area contributed by atoms with Crippen molar-refractivity contribution in [1.82, 2.24) is 0 Å². The first kappa shape index (κ1) is 13.7. The molecule has 2 aromatic rings. The highest BCUT2D eigenvalue weighted by Gasteiger charge is 2.11. The Labute approximate surface area is 114 Å². The second-order valence-electron chi connectivity index (χ2n) is 4.21. The topological polar surface area (TPSA) is 17.1 Å². The van der Waals surface area contributed by atoms with Crippen LogP contribution in [0.2, 0.25) is 0 Å². The molecular formula is C15H12F2OS. The Morgan fingerprint density at radius 1 is 1.16 bits per heavy atom. The SMILES string of the molecule is Cc1cccc(CSc2c(F)cc(C=O)cc2F)c1. The summed E-state index contributed by atoms with van der Waals surface area (Å²) >= 11 is 1.09. The van der Waals surface area contributed by atoms with Crippen molar-refractivity contribution < 1.29 is 13.6 Å². The molecule has 4 heteroatoms.